The lowest BCUT2D eigenvalue weighted by Gasteiger charge is -2.15. The molecule has 33 heavy (non-hydrogen) atoms. The number of anilines is 5. The monoisotopic (exact) mass is 463 g/mol. The fourth-order valence-corrected chi connectivity index (χ4v) is 3.00. The summed E-state index contributed by atoms with van der Waals surface area (Å²) >= 11 is 0. The van der Waals surface area contributed by atoms with Crippen molar-refractivity contribution in [2.24, 2.45) is 0 Å². The van der Waals surface area contributed by atoms with Crippen LogP contribution in [0.5, 0.6) is 0 Å². The average Bonchev–Trinajstić information content (AvgIpc) is 2.74. The van der Waals surface area contributed by atoms with Crippen molar-refractivity contribution in [1.29, 1.82) is 0 Å². The molecule has 0 unspecified atom stereocenters. The molecule has 1 aromatic heterocycles. The van der Waals surface area contributed by atoms with Gasteiger partial charge in [0.25, 0.3) is 0 Å². The maximum atomic E-state index is 12.8. The van der Waals surface area contributed by atoms with Crippen LogP contribution in [0.3, 0.4) is 0 Å². The first kappa shape index (κ1) is 22.2. The summed E-state index contributed by atoms with van der Waals surface area (Å²) in [5.74, 6) is 0.305. The van der Waals surface area contributed by atoms with Gasteiger partial charge in [-0.1, -0.05) is 0 Å². The van der Waals surface area contributed by atoms with Gasteiger partial charge < -0.3 is 16.4 Å². The topological polar surface area (TPSA) is 75.9 Å². The number of nitrogens with zero attached hydrogens (tertiary/aromatic N) is 2. The molecule has 4 aromatic rings. The molecule has 0 saturated heterocycles. The van der Waals surface area contributed by atoms with E-state index in [1.54, 1.807) is 18.2 Å². The number of alkyl halides is 6. The Morgan fingerprint density at radius 2 is 1.00 bits per heavy atom. The number of nitrogen functional groups attached to an aromatic ring is 1. The maximum absolute atomic E-state index is 12.8. The van der Waals surface area contributed by atoms with Gasteiger partial charge in [0.1, 0.15) is 0 Å². The molecule has 0 aliphatic heterocycles. The lowest BCUT2D eigenvalue weighted by atomic mass is 10.2. The van der Waals surface area contributed by atoms with Crippen LogP contribution >= 0.6 is 0 Å². The van der Waals surface area contributed by atoms with Crippen LogP contribution in [-0.2, 0) is 12.4 Å². The summed E-state index contributed by atoms with van der Waals surface area (Å²) in [6.45, 7) is 0. The largest absolute Gasteiger partial charge is 0.416 e. The fourth-order valence-electron chi connectivity index (χ4n) is 3.00. The van der Waals surface area contributed by atoms with E-state index in [9.17, 15) is 26.3 Å². The Balaban J connectivity index is 1.70. The number of halogens is 6. The van der Waals surface area contributed by atoms with E-state index >= 15 is 0 Å². The van der Waals surface area contributed by atoms with Crippen molar-refractivity contribution in [3.63, 3.8) is 0 Å². The molecular formula is C22H15F6N5. The zero-order chi connectivity index (χ0) is 23.8. The highest BCUT2D eigenvalue weighted by Crippen LogP contribution is 2.33. The molecule has 0 atom stereocenters. The number of nitrogens with one attached hydrogen (secondary N) is 2. The number of hydrogen-bond donors (Lipinski definition) is 3. The molecule has 3 aromatic carbocycles. The van der Waals surface area contributed by atoms with E-state index in [0.29, 0.717) is 28.1 Å². The Morgan fingerprint density at radius 1 is 0.576 bits per heavy atom. The zero-order valence-electron chi connectivity index (χ0n) is 16.6. The second-order valence-corrected chi connectivity index (χ2v) is 7.07. The highest BCUT2D eigenvalue weighted by molar-refractivity contribution is 5.85. The first-order valence-electron chi connectivity index (χ1n) is 9.45. The molecule has 4 N–H and O–H groups in total. The van der Waals surface area contributed by atoms with Crippen LogP contribution in [0, 0.1) is 0 Å². The van der Waals surface area contributed by atoms with Crippen molar-refractivity contribution in [2.75, 3.05) is 16.4 Å². The molecule has 0 spiro atoms. The second-order valence-electron chi connectivity index (χ2n) is 7.07. The summed E-state index contributed by atoms with van der Waals surface area (Å²) < 4.78 is 77.0. The van der Waals surface area contributed by atoms with Gasteiger partial charge in [-0.25, -0.2) is 9.97 Å². The summed E-state index contributed by atoms with van der Waals surface area (Å²) in [6.07, 6.45) is -8.95. The molecule has 0 aliphatic carbocycles. The number of rotatable bonds is 4. The van der Waals surface area contributed by atoms with Gasteiger partial charge in [0.2, 0.25) is 0 Å². The van der Waals surface area contributed by atoms with Gasteiger partial charge in [0.05, 0.1) is 22.2 Å². The van der Waals surface area contributed by atoms with E-state index in [2.05, 4.69) is 20.6 Å². The number of hydrogen-bond acceptors (Lipinski definition) is 5. The molecule has 1 heterocycles. The van der Waals surface area contributed by atoms with Crippen molar-refractivity contribution >= 4 is 39.7 Å². The van der Waals surface area contributed by atoms with Gasteiger partial charge in [0, 0.05) is 17.1 Å². The third-order valence-electron chi connectivity index (χ3n) is 4.64. The summed E-state index contributed by atoms with van der Waals surface area (Å²) in [6, 6.07) is 13.4. The minimum atomic E-state index is -4.48. The van der Waals surface area contributed by atoms with Crippen molar-refractivity contribution in [3.05, 3.63) is 77.9 Å². The van der Waals surface area contributed by atoms with Gasteiger partial charge in [-0.2, -0.15) is 26.3 Å². The molecule has 0 amide bonds. The molecule has 0 radical (unpaired) electrons. The molecule has 0 fully saturated rings. The van der Waals surface area contributed by atoms with Crippen LogP contribution in [-0.4, -0.2) is 9.97 Å². The highest BCUT2D eigenvalue weighted by Gasteiger charge is 2.30. The van der Waals surface area contributed by atoms with E-state index in [0.717, 1.165) is 24.3 Å². The SMILES string of the molecule is Nc1ccc2nc(Nc3ccc(C(F)(F)F)cc3)c(Nc3ccc(C(F)(F)F)cc3)nc2c1. The van der Waals surface area contributed by atoms with Crippen LogP contribution < -0.4 is 16.4 Å². The van der Waals surface area contributed by atoms with Crippen LogP contribution in [0.25, 0.3) is 11.0 Å². The van der Waals surface area contributed by atoms with E-state index in [1.165, 1.54) is 24.3 Å². The first-order chi connectivity index (χ1) is 15.5. The standard InChI is InChI=1S/C22H15F6N5/c23-21(24,25)12-1-6-15(7-2-12)30-19-20(33-18-11-14(29)5-10-17(18)32-19)31-16-8-3-13(4-9-16)22(26,27)28/h1-11H,29H2,(H,30,32)(H,31,33). The van der Waals surface area contributed by atoms with Crippen LogP contribution in [0.4, 0.5) is 55.0 Å². The Bertz CT molecular complexity index is 1280. The Morgan fingerprint density at radius 3 is 1.42 bits per heavy atom. The molecule has 0 saturated carbocycles. The second kappa shape index (κ2) is 8.15. The van der Waals surface area contributed by atoms with Gasteiger partial charge in [0.15, 0.2) is 11.6 Å². The van der Waals surface area contributed by atoms with Crippen LogP contribution in [0.15, 0.2) is 66.7 Å². The molecular weight excluding hydrogens is 448 g/mol. The lowest BCUT2D eigenvalue weighted by molar-refractivity contribution is -0.138. The van der Waals surface area contributed by atoms with E-state index in [1.807, 2.05) is 0 Å². The van der Waals surface area contributed by atoms with Crippen LogP contribution in [0.1, 0.15) is 11.1 Å². The summed E-state index contributed by atoms with van der Waals surface area (Å²) in [5, 5.41) is 5.79. The summed E-state index contributed by atoms with van der Waals surface area (Å²) in [7, 11) is 0. The number of aromatic nitrogens is 2. The third-order valence-corrected chi connectivity index (χ3v) is 4.64. The molecule has 4 rings (SSSR count). The maximum Gasteiger partial charge on any atom is 0.416 e. The van der Waals surface area contributed by atoms with Gasteiger partial charge >= 0.3 is 12.4 Å². The fraction of sp³-hybridized carbons (Fsp3) is 0.0909. The summed E-state index contributed by atoms with van der Waals surface area (Å²) in [5.41, 5.74) is 6.09. The van der Waals surface area contributed by atoms with E-state index < -0.39 is 23.5 Å². The minimum absolute atomic E-state index is 0.146. The predicted octanol–water partition coefficient (Wildman–Crippen LogP) is 6.74. The number of fused-ring (bicyclic) bond motifs is 1. The van der Waals surface area contributed by atoms with Gasteiger partial charge in [-0.15, -0.1) is 0 Å². The minimum Gasteiger partial charge on any atom is -0.399 e. The van der Waals surface area contributed by atoms with Crippen LogP contribution in [0.2, 0.25) is 0 Å². The molecule has 0 aliphatic rings. The van der Waals surface area contributed by atoms with Crippen molar-refractivity contribution < 1.29 is 26.3 Å². The number of nitrogens with two attached hydrogens (primary N) is 1. The van der Waals surface area contributed by atoms with Gasteiger partial charge in [-0.3, -0.25) is 0 Å². The molecule has 0 bridgehead atoms. The Labute approximate surface area is 183 Å². The van der Waals surface area contributed by atoms with Crippen molar-refractivity contribution in [3.8, 4) is 0 Å². The first-order valence-corrected chi connectivity index (χ1v) is 9.45. The Hall–Kier alpha value is -4.02. The Kier molecular flexibility index (Phi) is 5.48. The lowest BCUT2D eigenvalue weighted by Crippen LogP contribution is -2.06. The quantitative estimate of drug-likeness (QED) is 0.231. The molecule has 170 valence electrons. The smallest absolute Gasteiger partial charge is 0.399 e. The van der Waals surface area contributed by atoms with E-state index in [-0.39, 0.29) is 11.6 Å². The molecule has 5 nitrogen and oxygen atoms in total. The van der Waals surface area contributed by atoms with Crippen molar-refractivity contribution in [2.45, 2.75) is 12.4 Å². The van der Waals surface area contributed by atoms with Gasteiger partial charge in [-0.05, 0) is 66.7 Å². The zero-order valence-corrected chi connectivity index (χ0v) is 16.6. The normalized spacial score (nSPS) is 12.1. The van der Waals surface area contributed by atoms with Crippen molar-refractivity contribution in [1.82, 2.24) is 9.97 Å². The molecule has 11 heteroatoms. The predicted molar refractivity (Wildman–Crippen MR) is 113 cm³/mol. The summed E-state index contributed by atoms with van der Waals surface area (Å²) in [4.78, 5) is 8.88. The number of benzene rings is 3. The third kappa shape index (κ3) is 5.08. The average molecular weight is 463 g/mol. The highest BCUT2D eigenvalue weighted by atomic mass is 19.4. The van der Waals surface area contributed by atoms with E-state index in [4.69, 9.17) is 5.73 Å².